The Labute approximate surface area is 125 Å². The molecule has 0 atom stereocenters. The minimum atomic E-state index is -4.52. The molecule has 1 aromatic heterocycles. The number of aromatic nitrogens is 3. The summed E-state index contributed by atoms with van der Waals surface area (Å²) in [5, 5.41) is 7.00. The van der Waals surface area contributed by atoms with Gasteiger partial charge in [-0.15, -0.1) is 5.10 Å². The molecule has 0 radical (unpaired) electrons. The topological polar surface area (TPSA) is 66.0 Å². The molecule has 0 unspecified atom stereocenters. The lowest BCUT2D eigenvalue weighted by molar-refractivity contribution is -0.144. The van der Waals surface area contributed by atoms with Gasteiger partial charge in [0.25, 0.3) is 0 Å². The van der Waals surface area contributed by atoms with Crippen LogP contribution in [0.1, 0.15) is 23.4 Å². The number of alkyl halides is 3. The van der Waals surface area contributed by atoms with Gasteiger partial charge in [-0.05, 0) is 24.6 Å². The van der Waals surface area contributed by atoms with Crippen LogP contribution in [-0.2, 0) is 19.3 Å². The number of aryl methyl sites for hydroxylation is 2. The zero-order valence-electron chi connectivity index (χ0n) is 12.1. The highest BCUT2D eigenvalue weighted by Gasteiger charge is 2.38. The summed E-state index contributed by atoms with van der Waals surface area (Å²) in [6.45, 7) is 1.99. The van der Waals surface area contributed by atoms with Crippen LogP contribution in [-0.4, -0.2) is 21.6 Å². The van der Waals surface area contributed by atoms with Gasteiger partial charge in [0.2, 0.25) is 0 Å². The predicted octanol–water partition coefficient (Wildman–Crippen LogP) is 2.53. The predicted molar refractivity (Wildman–Crippen MR) is 74.2 cm³/mol. The zero-order chi connectivity index (χ0) is 16.2. The average molecular weight is 314 g/mol. The molecule has 0 aliphatic rings. The molecule has 0 saturated carbocycles. The first-order valence-electron chi connectivity index (χ1n) is 6.81. The third-order valence-electron chi connectivity index (χ3n) is 3.04. The van der Waals surface area contributed by atoms with Crippen molar-refractivity contribution in [3.63, 3.8) is 0 Å². The number of hydrogen-bond acceptors (Lipinski definition) is 4. The lowest BCUT2D eigenvalue weighted by Gasteiger charge is -2.11. The summed E-state index contributed by atoms with van der Waals surface area (Å²) in [5.74, 6) is 0.692. The van der Waals surface area contributed by atoms with Gasteiger partial charge in [-0.2, -0.15) is 13.2 Å². The van der Waals surface area contributed by atoms with Crippen LogP contribution in [0.4, 0.5) is 13.2 Å². The van der Waals surface area contributed by atoms with Crippen LogP contribution >= 0.6 is 0 Å². The van der Waals surface area contributed by atoms with Crippen LogP contribution in [0.2, 0.25) is 0 Å². The summed E-state index contributed by atoms with van der Waals surface area (Å²) < 4.78 is 45.2. The molecule has 8 heteroatoms. The standard InChI is InChI=1S/C14H17F3N4O/c1-10-4-2-5-11(8-10)22-7-3-6-21-13(14(15,16)17)12(9-18)19-20-21/h2,4-5,8H,3,6-7,9,18H2,1H3. The molecule has 2 N–H and O–H groups in total. The van der Waals surface area contributed by atoms with E-state index in [1.165, 1.54) is 0 Å². The first-order valence-corrected chi connectivity index (χ1v) is 6.81. The van der Waals surface area contributed by atoms with Crippen molar-refractivity contribution in [2.75, 3.05) is 6.61 Å². The fourth-order valence-electron chi connectivity index (χ4n) is 2.06. The fraction of sp³-hybridized carbons (Fsp3) is 0.429. The fourth-order valence-corrected chi connectivity index (χ4v) is 2.06. The zero-order valence-corrected chi connectivity index (χ0v) is 12.1. The Morgan fingerprint density at radius 3 is 2.73 bits per heavy atom. The van der Waals surface area contributed by atoms with Gasteiger partial charge in [-0.1, -0.05) is 17.3 Å². The maximum atomic E-state index is 13.0. The van der Waals surface area contributed by atoms with Crippen LogP contribution in [0.25, 0.3) is 0 Å². The maximum absolute atomic E-state index is 13.0. The number of rotatable bonds is 6. The normalized spacial score (nSPS) is 11.7. The molecule has 0 saturated heterocycles. The number of halogens is 3. The number of nitrogens with two attached hydrogens (primary N) is 1. The minimum absolute atomic E-state index is 0.0632. The molecular formula is C14H17F3N4O. The van der Waals surface area contributed by atoms with E-state index >= 15 is 0 Å². The summed E-state index contributed by atoms with van der Waals surface area (Å²) in [5.41, 5.74) is 5.19. The number of hydrogen-bond donors (Lipinski definition) is 1. The Kier molecular flexibility index (Phi) is 5.02. The molecule has 0 aliphatic carbocycles. The van der Waals surface area contributed by atoms with E-state index < -0.39 is 11.9 Å². The van der Waals surface area contributed by atoms with Gasteiger partial charge in [0.15, 0.2) is 5.69 Å². The first-order chi connectivity index (χ1) is 10.4. The molecule has 2 aromatic rings. The molecule has 22 heavy (non-hydrogen) atoms. The van der Waals surface area contributed by atoms with Gasteiger partial charge in [-0.3, -0.25) is 0 Å². The Morgan fingerprint density at radius 2 is 2.09 bits per heavy atom. The Bertz CT molecular complexity index is 625. The molecule has 1 aromatic carbocycles. The van der Waals surface area contributed by atoms with Crippen LogP contribution in [0, 0.1) is 6.92 Å². The third kappa shape index (κ3) is 3.97. The van der Waals surface area contributed by atoms with Crippen molar-refractivity contribution in [3.05, 3.63) is 41.2 Å². The number of nitrogens with zero attached hydrogens (tertiary/aromatic N) is 3. The molecule has 0 spiro atoms. The van der Waals surface area contributed by atoms with E-state index in [0.29, 0.717) is 18.8 Å². The van der Waals surface area contributed by atoms with Gasteiger partial charge in [0, 0.05) is 19.5 Å². The number of ether oxygens (including phenoxy) is 1. The third-order valence-corrected chi connectivity index (χ3v) is 3.04. The monoisotopic (exact) mass is 314 g/mol. The summed E-state index contributed by atoms with van der Waals surface area (Å²) in [7, 11) is 0. The summed E-state index contributed by atoms with van der Waals surface area (Å²) in [4.78, 5) is 0. The van der Waals surface area contributed by atoms with Gasteiger partial charge in [0.05, 0.1) is 6.61 Å². The van der Waals surface area contributed by atoms with E-state index in [4.69, 9.17) is 10.5 Å². The molecule has 120 valence electrons. The molecule has 0 aliphatic heterocycles. The van der Waals surface area contributed by atoms with E-state index in [9.17, 15) is 13.2 Å². The van der Waals surface area contributed by atoms with Crippen molar-refractivity contribution in [2.45, 2.75) is 32.6 Å². The molecular weight excluding hydrogens is 297 g/mol. The molecule has 5 nitrogen and oxygen atoms in total. The highest BCUT2D eigenvalue weighted by atomic mass is 19.4. The van der Waals surface area contributed by atoms with E-state index in [1.54, 1.807) is 6.07 Å². The lowest BCUT2D eigenvalue weighted by Crippen LogP contribution is -2.18. The Morgan fingerprint density at radius 1 is 1.32 bits per heavy atom. The van der Waals surface area contributed by atoms with E-state index in [2.05, 4.69) is 10.3 Å². The van der Waals surface area contributed by atoms with Crippen molar-refractivity contribution in [3.8, 4) is 5.75 Å². The summed E-state index contributed by atoms with van der Waals surface area (Å²) in [6.07, 6.45) is -4.14. The molecule has 2 rings (SSSR count). The van der Waals surface area contributed by atoms with Crippen LogP contribution in [0.5, 0.6) is 5.75 Å². The summed E-state index contributed by atoms with van der Waals surface area (Å²) in [6, 6.07) is 7.46. The average Bonchev–Trinajstić information content (AvgIpc) is 2.87. The highest BCUT2D eigenvalue weighted by Crippen LogP contribution is 2.31. The smallest absolute Gasteiger partial charge is 0.434 e. The molecule has 1 heterocycles. The van der Waals surface area contributed by atoms with Gasteiger partial charge in [-0.25, -0.2) is 4.68 Å². The van der Waals surface area contributed by atoms with Crippen molar-refractivity contribution < 1.29 is 17.9 Å². The Hall–Kier alpha value is -2.09. The summed E-state index contributed by atoms with van der Waals surface area (Å²) >= 11 is 0. The van der Waals surface area contributed by atoms with Crippen molar-refractivity contribution in [1.82, 2.24) is 15.0 Å². The van der Waals surface area contributed by atoms with E-state index in [1.807, 2.05) is 25.1 Å². The van der Waals surface area contributed by atoms with Gasteiger partial charge in [0.1, 0.15) is 11.4 Å². The largest absolute Gasteiger partial charge is 0.494 e. The van der Waals surface area contributed by atoms with Gasteiger partial charge < -0.3 is 10.5 Å². The molecule has 0 amide bonds. The second kappa shape index (κ2) is 6.78. The second-order valence-electron chi connectivity index (χ2n) is 4.83. The first kappa shape index (κ1) is 16.3. The van der Waals surface area contributed by atoms with Crippen LogP contribution in [0.15, 0.2) is 24.3 Å². The van der Waals surface area contributed by atoms with Crippen LogP contribution in [0.3, 0.4) is 0 Å². The van der Waals surface area contributed by atoms with Crippen molar-refractivity contribution in [2.24, 2.45) is 5.73 Å². The molecule has 0 bridgehead atoms. The van der Waals surface area contributed by atoms with Crippen molar-refractivity contribution in [1.29, 1.82) is 0 Å². The number of benzene rings is 1. The lowest BCUT2D eigenvalue weighted by atomic mass is 10.2. The minimum Gasteiger partial charge on any atom is -0.494 e. The van der Waals surface area contributed by atoms with Crippen LogP contribution < -0.4 is 10.5 Å². The SMILES string of the molecule is Cc1cccc(OCCCn2nnc(CN)c2C(F)(F)F)c1. The molecule has 0 fully saturated rings. The van der Waals surface area contributed by atoms with E-state index in [0.717, 1.165) is 10.2 Å². The highest BCUT2D eigenvalue weighted by molar-refractivity contribution is 5.27. The quantitative estimate of drug-likeness (QED) is 0.832. The second-order valence-corrected chi connectivity index (χ2v) is 4.83. The van der Waals surface area contributed by atoms with Gasteiger partial charge >= 0.3 is 6.18 Å². The maximum Gasteiger partial charge on any atom is 0.434 e. The van der Waals surface area contributed by atoms with E-state index in [-0.39, 0.29) is 18.8 Å². The Balaban J connectivity index is 1.93. The van der Waals surface area contributed by atoms with Crippen molar-refractivity contribution >= 4 is 0 Å².